The van der Waals surface area contributed by atoms with Gasteiger partial charge in [-0.05, 0) is 37.6 Å². The minimum Gasteiger partial charge on any atom is -0.350 e. The van der Waals surface area contributed by atoms with E-state index in [1.165, 1.54) is 18.2 Å². The van der Waals surface area contributed by atoms with Gasteiger partial charge in [0.2, 0.25) is 5.95 Å². The number of halogens is 3. The number of anilines is 3. The predicted molar refractivity (Wildman–Crippen MR) is 105 cm³/mol. The van der Waals surface area contributed by atoms with Gasteiger partial charge in [0.05, 0.1) is 11.3 Å². The van der Waals surface area contributed by atoms with Crippen molar-refractivity contribution in [2.45, 2.75) is 32.6 Å². The Hall–Kier alpha value is -3.09. The number of hydrogen-bond donors (Lipinski definition) is 1. The topological polar surface area (TPSA) is 41.1 Å². The summed E-state index contributed by atoms with van der Waals surface area (Å²) in [4.78, 5) is 10.6. The maximum atomic E-state index is 13.2. The van der Waals surface area contributed by atoms with Gasteiger partial charge in [0, 0.05) is 18.8 Å². The summed E-state index contributed by atoms with van der Waals surface area (Å²) in [6, 6.07) is 17.1. The van der Waals surface area contributed by atoms with Crippen LogP contribution in [0.2, 0.25) is 0 Å². The third-order valence-electron chi connectivity index (χ3n) is 4.23. The molecule has 0 saturated carbocycles. The van der Waals surface area contributed by atoms with E-state index in [0.29, 0.717) is 12.4 Å². The van der Waals surface area contributed by atoms with Crippen LogP contribution in [0.25, 0.3) is 0 Å². The van der Waals surface area contributed by atoms with Crippen LogP contribution in [0.3, 0.4) is 0 Å². The van der Waals surface area contributed by atoms with Crippen molar-refractivity contribution in [2.75, 3.05) is 10.2 Å². The Bertz CT molecular complexity index is 911. The smallest absolute Gasteiger partial charge is 0.350 e. The molecule has 1 aromatic heterocycles. The Morgan fingerprint density at radius 3 is 2.32 bits per heavy atom. The molecule has 146 valence electrons. The van der Waals surface area contributed by atoms with Crippen LogP contribution < -0.4 is 10.2 Å². The van der Waals surface area contributed by atoms with Crippen molar-refractivity contribution < 1.29 is 13.2 Å². The van der Waals surface area contributed by atoms with Gasteiger partial charge in [-0.25, -0.2) is 4.98 Å². The quantitative estimate of drug-likeness (QED) is 0.594. The third-order valence-corrected chi connectivity index (χ3v) is 4.23. The van der Waals surface area contributed by atoms with Crippen LogP contribution in [0.4, 0.5) is 30.6 Å². The Morgan fingerprint density at radius 2 is 1.64 bits per heavy atom. The summed E-state index contributed by atoms with van der Waals surface area (Å²) in [6.07, 6.45) is -2.92. The van der Waals surface area contributed by atoms with E-state index in [4.69, 9.17) is 0 Å². The molecule has 7 heteroatoms. The highest BCUT2D eigenvalue weighted by molar-refractivity contribution is 5.60. The number of alkyl halides is 3. The highest BCUT2D eigenvalue weighted by atomic mass is 19.4. The second-order valence-corrected chi connectivity index (χ2v) is 6.61. The summed E-state index contributed by atoms with van der Waals surface area (Å²) in [7, 11) is 0. The Morgan fingerprint density at radius 1 is 0.964 bits per heavy atom. The summed E-state index contributed by atoms with van der Waals surface area (Å²) in [5.41, 5.74) is 0.284. The molecule has 2 aromatic carbocycles. The van der Waals surface area contributed by atoms with Crippen LogP contribution in [0.15, 0.2) is 66.9 Å². The maximum Gasteiger partial charge on any atom is 0.418 e. The number of nitrogens with zero attached hydrogens (tertiary/aromatic N) is 3. The lowest BCUT2D eigenvalue weighted by molar-refractivity contribution is -0.136. The molecule has 0 radical (unpaired) electrons. The fraction of sp³-hybridized carbons (Fsp3) is 0.238. The van der Waals surface area contributed by atoms with E-state index >= 15 is 0 Å². The first kappa shape index (κ1) is 19.7. The maximum absolute atomic E-state index is 13.2. The number of nitrogens with one attached hydrogen (secondary N) is 1. The van der Waals surface area contributed by atoms with Crippen LogP contribution in [0, 0.1) is 0 Å². The minimum absolute atomic E-state index is 0.0775. The number of rotatable bonds is 6. The molecule has 1 N–H and O–H groups in total. The SMILES string of the molecule is CC(C)N(Cc1ccccc1)c1ccnc(Nc2ccccc2C(F)(F)F)n1. The molecular formula is C21H21F3N4. The summed E-state index contributed by atoms with van der Waals surface area (Å²) in [6.45, 7) is 4.71. The van der Waals surface area contributed by atoms with Crippen molar-refractivity contribution in [1.82, 2.24) is 9.97 Å². The second-order valence-electron chi connectivity index (χ2n) is 6.61. The van der Waals surface area contributed by atoms with Crippen LogP contribution in [0.1, 0.15) is 25.0 Å². The molecule has 0 unspecified atom stereocenters. The van der Waals surface area contributed by atoms with E-state index in [9.17, 15) is 13.2 Å². The zero-order valence-corrected chi connectivity index (χ0v) is 15.6. The number of benzene rings is 2. The van der Waals surface area contributed by atoms with Crippen molar-refractivity contribution in [3.8, 4) is 0 Å². The van der Waals surface area contributed by atoms with Gasteiger partial charge in [0.15, 0.2) is 0 Å². The first-order chi connectivity index (χ1) is 13.3. The molecular weight excluding hydrogens is 365 g/mol. The average molecular weight is 386 g/mol. The molecule has 0 atom stereocenters. The van der Waals surface area contributed by atoms with Gasteiger partial charge in [-0.15, -0.1) is 0 Å². The lowest BCUT2D eigenvalue weighted by Crippen LogP contribution is -2.31. The van der Waals surface area contributed by atoms with E-state index < -0.39 is 11.7 Å². The van der Waals surface area contributed by atoms with Gasteiger partial charge in [-0.2, -0.15) is 18.2 Å². The molecule has 0 amide bonds. The molecule has 0 aliphatic heterocycles. The third kappa shape index (κ3) is 4.79. The van der Waals surface area contributed by atoms with E-state index in [1.54, 1.807) is 12.3 Å². The lowest BCUT2D eigenvalue weighted by atomic mass is 10.1. The van der Waals surface area contributed by atoms with Gasteiger partial charge < -0.3 is 10.2 Å². The molecule has 0 spiro atoms. The monoisotopic (exact) mass is 386 g/mol. The van der Waals surface area contributed by atoms with E-state index in [1.807, 2.05) is 44.2 Å². The molecule has 0 aliphatic rings. The van der Waals surface area contributed by atoms with E-state index in [-0.39, 0.29) is 17.7 Å². The molecule has 0 saturated heterocycles. The van der Waals surface area contributed by atoms with Gasteiger partial charge in [-0.3, -0.25) is 0 Å². The molecule has 1 heterocycles. The Balaban J connectivity index is 1.87. The summed E-state index contributed by atoms with van der Waals surface area (Å²) in [5.74, 6) is 0.758. The standard InChI is InChI=1S/C21H21F3N4/c1-15(2)28(14-16-8-4-3-5-9-16)19-12-13-25-20(27-19)26-18-11-7-6-10-17(18)21(22,23)24/h3-13,15H,14H2,1-2H3,(H,25,26,27). The fourth-order valence-corrected chi connectivity index (χ4v) is 2.84. The molecule has 4 nitrogen and oxygen atoms in total. The fourth-order valence-electron chi connectivity index (χ4n) is 2.84. The number of aromatic nitrogens is 2. The Labute approximate surface area is 162 Å². The van der Waals surface area contributed by atoms with Gasteiger partial charge in [0.25, 0.3) is 0 Å². The van der Waals surface area contributed by atoms with E-state index in [0.717, 1.165) is 11.6 Å². The predicted octanol–water partition coefficient (Wildman–Crippen LogP) is 5.65. The molecule has 0 aliphatic carbocycles. The molecule has 3 aromatic rings. The highest BCUT2D eigenvalue weighted by Gasteiger charge is 2.33. The first-order valence-electron chi connectivity index (χ1n) is 8.91. The minimum atomic E-state index is -4.46. The zero-order chi connectivity index (χ0) is 20.1. The van der Waals surface area contributed by atoms with Crippen molar-refractivity contribution in [1.29, 1.82) is 0 Å². The van der Waals surface area contributed by atoms with Crippen LogP contribution in [0.5, 0.6) is 0 Å². The van der Waals surface area contributed by atoms with Crippen molar-refractivity contribution in [3.05, 3.63) is 78.0 Å². The first-order valence-corrected chi connectivity index (χ1v) is 8.91. The average Bonchev–Trinajstić information content (AvgIpc) is 2.66. The number of hydrogen-bond acceptors (Lipinski definition) is 4. The number of para-hydroxylation sites is 1. The molecule has 0 fully saturated rings. The van der Waals surface area contributed by atoms with E-state index in [2.05, 4.69) is 20.2 Å². The molecule has 28 heavy (non-hydrogen) atoms. The summed E-state index contributed by atoms with van der Waals surface area (Å²) in [5, 5.41) is 2.71. The van der Waals surface area contributed by atoms with Gasteiger partial charge >= 0.3 is 6.18 Å². The van der Waals surface area contributed by atoms with Gasteiger partial charge in [-0.1, -0.05) is 42.5 Å². The normalized spacial score (nSPS) is 11.5. The van der Waals surface area contributed by atoms with Crippen molar-refractivity contribution in [2.24, 2.45) is 0 Å². The summed E-state index contributed by atoms with van der Waals surface area (Å²) >= 11 is 0. The van der Waals surface area contributed by atoms with Crippen molar-refractivity contribution in [3.63, 3.8) is 0 Å². The zero-order valence-electron chi connectivity index (χ0n) is 15.6. The second kappa shape index (κ2) is 8.29. The van der Waals surface area contributed by atoms with Crippen molar-refractivity contribution >= 4 is 17.5 Å². The Kier molecular flexibility index (Phi) is 5.82. The van der Waals surface area contributed by atoms with Crippen LogP contribution in [-0.4, -0.2) is 16.0 Å². The molecule has 0 bridgehead atoms. The lowest BCUT2D eigenvalue weighted by Gasteiger charge is -2.28. The largest absolute Gasteiger partial charge is 0.418 e. The highest BCUT2D eigenvalue weighted by Crippen LogP contribution is 2.35. The van der Waals surface area contributed by atoms with Gasteiger partial charge in [0.1, 0.15) is 5.82 Å². The molecule has 3 rings (SSSR count). The summed E-state index contributed by atoms with van der Waals surface area (Å²) < 4.78 is 39.7. The van der Waals surface area contributed by atoms with Crippen LogP contribution >= 0.6 is 0 Å². The van der Waals surface area contributed by atoms with Crippen LogP contribution in [-0.2, 0) is 12.7 Å².